The van der Waals surface area contributed by atoms with E-state index in [2.05, 4.69) is 0 Å². The Hall–Kier alpha value is -0.530. The van der Waals surface area contributed by atoms with Crippen LogP contribution in [0.5, 0.6) is 0 Å². The zero-order valence-corrected chi connectivity index (χ0v) is 11.1. The summed E-state index contributed by atoms with van der Waals surface area (Å²) in [5.41, 5.74) is 0. The maximum atomic E-state index is 11.1. The van der Waals surface area contributed by atoms with Crippen LogP contribution in [0.3, 0.4) is 0 Å². The van der Waals surface area contributed by atoms with Crippen LogP contribution < -0.4 is 0 Å². The zero-order chi connectivity index (χ0) is 13.5. The van der Waals surface area contributed by atoms with Gasteiger partial charge in [0.15, 0.2) is 12.1 Å². The molecule has 0 radical (unpaired) electrons. The molecule has 6 heteroatoms. The van der Waals surface area contributed by atoms with E-state index in [0.717, 1.165) is 0 Å². The summed E-state index contributed by atoms with van der Waals surface area (Å²) < 4.78 is 22.2. The van der Waals surface area contributed by atoms with Crippen LogP contribution in [0.25, 0.3) is 0 Å². The van der Waals surface area contributed by atoms with E-state index in [1.165, 1.54) is 14.0 Å². The van der Waals surface area contributed by atoms with Crippen molar-refractivity contribution in [3.63, 3.8) is 0 Å². The van der Waals surface area contributed by atoms with Gasteiger partial charge in [-0.3, -0.25) is 4.79 Å². The van der Waals surface area contributed by atoms with Crippen LogP contribution in [-0.2, 0) is 23.7 Å². The highest BCUT2D eigenvalue weighted by Gasteiger charge is 2.57. The molecule has 2 heterocycles. The van der Waals surface area contributed by atoms with Gasteiger partial charge in [0.05, 0.1) is 6.10 Å². The van der Waals surface area contributed by atoms with Gasteiger partial charge in [0.25, 0.3) is 0 Å². The van der Waals surface area contributed by atoms with E-state index in [-0.39, 0.29) is 18.3 Å². The number of carbonyl (C=O) groups is 1. The van der Waals surface area contributed by atoms with E-state index in [4.69, 9.17) is 18.9 Å². The van der Waals surface area contributed by atoms with Gasteiger partial charge in [-0.15, -0.1) is 0 Å². The molecule has 0 aromatic rings. The maximum Gasteiger partial charge on any atom is 0.186 e. The molecule has 18 heavy (non-hydrogen) atoms. The van der Waals surface area contributed by atoms with Gasteiger partial charge >= 0.3 is 0 Å². The molecule has 2 aliphatic heterocycles. The normalized spacial score (nSPS) is 39.6. The highest BCUT2D eigenvalue weighted by atomic mass is 16.8. The molecule has 104 valence electrons. The predicted molar refractivity (Wildman–Crippen MR) is 60.8 cm³/mol. The Labute approximate surface area is 106 Å². The van der Waals surface area contributed by atoms with Crippen LogP contribution in [0.15, 0.2) is 0 Å². The number of methoxy groups -OCH3 is 1. The van der Waals surface area contributed by atoms with Crippen LogP contribution in [0.4, 0.5) is 0 Å². The summed E-state index contributed by atoms with van der Waals surface area (Å²) in [5.74, 6) is -0.828. The summed E-state index contributed by atoms with van der Waals surface area (Å²) in [4.78, 5) is 11.1. The Bertz CT molecular complexity index is 329. The summed E-state index contributed by atoms with van der Waals surface area (Å²) in [6.45, 7) is 5.03. The number of ketones is 1. The number of Topliss-reactive ketones (excluding diaryl/α,β-unsaturated/α-hetero) is 1. The predicted octanol–water partition coefficient (Wildman–Crippen LogP) is 0.218. The van der Waals surface area contributed by atoms with Crippen molar-refractivity contribution in [2.75, 3.05) is 7.11 Å². The summed E-state index contributed by atoms with van der Waals surface area (Å²) >= 11 is 0. The molecule has 2 rings (SSSR count). The molecule has 0 amide bonds. The Kier molecular flexibility index (Phi) is 3.75. The average molecular weight is 260 g/mol. The van der Waals surface area contributed by atoms with Gasteiger partial charge < -0.3 is 24.1 Å². The molecule has 1 N–H and O–H groups in total. The molecule has 6 nitrogen and oxygen atoms in total. The molecule has 0 saturated carbocycles. The first-order valence-electron chi connectivity index (χ1n) is 6.05. The topological polar surface area (TPSA) is 74.2 Å². The molecule has 0 aromatic heterocycles. The summed E-state index contributed by atoms with van der Waals surface area (Å²) in [7, 11) is 1.51. The molecule has 5 atom stereocenters. The number of fused-ring (bicyclic) bond motifs is 1. The first kappa shape index (κ1) is 13.9. The zero-order valence-electron chi connectivity index (χ0n) is 11.1. The standard InChI is InChI=1S/C12H20O6/c1-6(13)5-7(14)8-9-10(11(15-4)16-8)18-12(2,3)17-9/h7-11,14H,5H2,1-4H3/t7-,8-,9+,10+,11+/m1/s1. The first-order valence-corrected chi connectivity index (χ1v) is 6.05. The molecular formula is C12H20O6. The molecule has 0 unspecified atom stereocenters. The second-order valence-electron chi connectivity index (χ2n) is 5.24. The van der Waals surface area contributed by atoms with E-state index in [1.54, 1.807) is 13.8 Å². The molecule has 2 aliphatic rings. The van der Waals surface area contributed by atoms with Gasteiger partial charge in [-0.25, -0.2) is 0 Å². The average Bonchev–Trinajstić information content (AvgIpc) is 2.69. The lowest BCUT2D eigenvalue weighted by atomic mass is 10.0. The van der Waals surface area contributed by atoms with E-state index in [1.807, 2.05) is 0 Å². The third kappa shape index (κ3) is 2.57. The number of hydrogen-bond acceptors (Lipinski definition) is 6. The minimum Gasteiger partial charge on any atom is -0.390 e. The minimum absolute atomic E-state index is 0.0358. The molecule has 0 spiro atoms. The van der Waals surface area contributed by atoms with Crippen molar-refractivity contribution in [3.05, 3.63) is 0 Å². The van der Waals surface area contributed by atoms with Crippen molar-refractivity contribution in [2.24, 2.45) is 0 Å². The number of hydrogen-bond donors (Lipinski definition) is 1. The highest BCUT2D eigenvalue weighted by molar-refractivity contribution is 5.76. The number of aliphatic hydroxyl groups is 1. The number of ether oxygens (including phenoxy) is 4. The quantitative estimate of drug-likeness (QED) is 0.779. The van der Waals surface area contributed by atoms with Crippen LogP contribution in [-0.4, -0.2) is 54.5 Å². The van der Waals surface area contributed by atoms with Gasteiger partial charge in [-0.1, -0.05) is 0 Å². The van der Waals surface area contributed by atoms with Crippen molar-refractivity contribution < 1.29 is 28.8 Å². The largest absolute Gasteiger partial charge is 0.390 e. The Balaban J connectivity index is 2.11. The van der Waals surface area contributed by atoms with Crippen molar-refractivity contribution in [3.8, 4) is 0 Å². The smallest absolute Gasteiger partial charge is 0.186 e. The van der Waals surface area contributed by atoms with Gasteiger partial charge in [0, 0.05) is 13.5 Å². The van der Waals surface area contributed by atoms with E-state index < -0.39 is 30.4 Å². The number of carbonyl (C=O) groups excluding carboxylic acids is 1. The minimum atomic E-state index is -0.910. The SMILES string of the molecule is CO[C@H]1O[C@H]([C@H](O)CC(C)=O)[C@@H]2OC(C)(C)O[C@H]12. The Morgan fingerprint density at radius 3 is 2.56 bits per heavy atom. The Morgan fingerprint density at radius 1 is 1.39 bits per heavy atom. The van der Waals surface area contributed by atoms with Gasteiger partial charge in [-0.2, -0.15) is 0 Å². The van der Waals surface area contributed by atoms with Crippen molar-refractivity contribution in [1.82, 2.24) is 0 Å². The van der Waals surface area contributed by atoms with E-state index >= 15 is 0 Å². The maximum absolute atomic E-state index is 11.1. The lowest BCUT2D eigenvalue weighted by Gasteiger charge is -2.25. The fourth-order valence-corrected chi connectivity index (χ4v) is 2.50. The van der Waals surface area contributed by atoms with Crippen LogP contribution in [0.1, 0.15) is 27.2 Å². The molecule has 0 aliphatic carbocycles. The van der Waals surface area contributed by atoms with Gasteiger partial charge in [-0.05, 0) is 20.8 Å². The summed E-state index contributed by atoms with van der Waals surface area (Å²) in [6.07, 6.45) is -2.86. The van der Waals surface area contributed by atoms with Gasteiger partial charge in [0.1, 0.15) is 24.1 Å². The number of rotatable bonds is 4. The van der Waals surface area contributed by atoms with Crippen molar-refractivity contribution in [1.29, 1.82) is 0 Å². The lowest BCUT2D eigenvalue weighted by Crippen LogP contribution is -2.39. The molecular weight excluding hydrogens is 240 g/mol. The monoisotopic (exact) mass is 260 g/mol. The van der Waals surface area contributed by atoms with Crippen LogP contribution in [0.2, 0.25) is 0 Å². The van der Waals surface area contributed by atoms with Gasteiger partial charge in [0.2, 0.25) is 0 Å². The highest BCUT2D eigenvalue weighted by Crippen LogP contribution is 2.40. The van der Waals surface area contributed by atoms with Crippen molar-refractivity contribution >= 4 is 5.78 Å². The van der Waals surface area contributed by atoms with E-state index in [9.17, 15) is 9.90 Å². The summed E-state index contributed by atoms with van der Waals surface area (Å²) in [5, 5.41) is 10.0. The molecule has 0 aromatic carbocycles. The number of aliphatic hydroxyl groups excluding tert-OH is 1. The third-order valence-electron chi connectivity index (χ3n) is 3.16. The first-order chi connectivity index (χ1) is 8.34. The fraction of sp³-hybridized carbons (Fsp3) is 0.917. The lowest BCUT2D eigenvalue weighted by molar-refractivity contribution is -0.236. The second-order valence-corrected chi connectivity index (χ2v) is 5.24. The second kappa shape index (κ2) is 4.86. The fourth-order valence-electron chi connectivity index (χ4n) is 2.50. The van der Waals surface area contributed by atoms with Crippen LogP contribution in [0, 0.1) is 0 Å². The third-order valence-corrected chi connectivity index (χ3v) is 3.16. The van der Waals surface area contributed by atoms with Crippen molar-refractivity contribution in [2.45, 2.75) is 63.7 Å². The molecule has 2 saturated heterocycles. The Morgan fingerprint density at radius 2 is 2.00 bits per heavy atom. The van der Waals surface area contributed by atoms with E-state index in [0.29, 0.717) is 0 Å². The summed E-state index contributed by atoms with van der Waals surface area (Å²) in [6, 6.07) is 0. The van der Waals surface area contributed by atoms with Crippen LogP contribution >= 0.6 is 0 Å². The molecule has 0 bridgehead atoms. The molecule has 2 fully saturated rings.